The minimum atomic E-state index is -4.99. The SMILES string of the molecule is CC.CCC(F)(F)c1ccc(CNC(=O)[C@H]2CN(c3nc4nsnc4[nH]c3=O)CCN2S(=O)(=O)c2ccc(OC(F)(F)F)cc2)cc1. The van der Waals surface area contributed by atoms with Crippen molar-refractivity contribution in [1.29, 1.82) is 0 Å². The molecule has 12 nitrogen and oxygen atoms in total. The van der Waals surface area contributed by atoms with Gasteiger partial charge in [-0.05, 0) is 29.8 Å². The van der Waals surface area contributed by atoms with E-state index in [1.165, 1.54) is 36.1 Å². The second-order valence-electron chi connectivity index (χ2n) is 9.90. The van der Waals surface area contributed by atoms with Crippen molar-refractivity contribution in [3.8, 4) is 5.75 Å². The van der Waals surface area contributed by atoms with Crippen molar-refractivity contribution in [3.63, 3.8) is 0 Å². The van der Waals surface area contributed by atoms with Crippen LogP contribution in [0.15, 0.2) is 58.2 Å². The Labute approximate surface area is 270 Å². The van der Waals surface area contributed by atoms with E-state index < -0.39 is 56.9 Å². The Morgan fingerprint density at radius 2 is 1.70 bits per heavy atom. The molecule has 47 heavy (non-hydrogen) atoms. The molecule has 0 saturated carbocycles. The Balaban J connectivity index is 0.00000245. The fraction of sp³-hybridized carbons (Fsp3) is 0.393. The topological polar surface area (TPSA) is 150 Å². The molecule has 2 aromatic carbocycles. The summed E-state index contributed by atoms with van der Waals surface area (Å²) in [6.45, 7) is 4.49. The number of amides is 1. The predicted octanol–water partition coefficient (Wildman–Crippen LogP) is 4.40. The minimum absolute atomic E-state index is 0.0788. The predicted molar refractivity (Wildman–Crippen MR) is 163 cm³/mol. The van der Waals surface area contributed by atoms with E-state index in [0.717, 1.165) is 40.3 Å². The molecule has 1 fully saturated rings. The Hall–Kier alpha value is -4.23. The maximum Gasteiger partial charge on any atom is 0.573 e. The Morgan fingerprint density at radius 3 is 2.32 bits per heavy atom. The summed E-state index contributed by atoms with van der Waals surface area (Å²) in [4.78, 5) is 34.1. The van der Waals surface area contributed by atoms with Crippen LogP contribution in [0.3, 0.4) is 0 Å². The molecule has 4 aromatic rings. The quantitative estimate of drug-likeness (QED) is 0.242. The maximum atomic E-state index is 14.0. The van der Waals surface area contributed by atoms with Crippen LogP contribution in [0.2, 0.25) is 0 Å². The second-order valence-corrected chi connectivity index (χ2v) is 12.3. The monoisotopic (exact) mass is 703 g/mol. The number of nitrogens with one attached hydrogen (secondary N) is 2. The number of aromatic amines is 1. The van der Waals surface area contributed by atoms with Crippen LogP contribution in [0.5, 0.6) is 5.75 Å². The van der Waals surface area contributed by atoms with Gasteiger partial charge in [0.05, 0.1) is 16.6 Å². The average Bonchev–Trinajstić information content (AvgIpc) is 3.51. The molecule has 0 spiro atoms. The Kier molecular flexibility index (Phi) is 10.8. The zero-order valence-corrected chi connectivity index (χ0v) is 26.8. The van der Waals surface area contributed by atoms with Gasteiger partial charge < -0.3 is 15.0 Å². The molecule has 0 aliphatic carbocycles. The first-order chi connectivity index (χ1) is 22.2. The smallest absolute Gasteiger partial charge is 0.406 e. The summed E-state index contributed by atoms with van der Waals surface area (Å²) in [6, 6.07) is 7.34. The summed E-state index contributed by atoms with van der Waals surface area (Å²) in [7, 11) is -4.47. The molecule has 1 aliphatic rings. The van der Waals surface area contributed by atoms with Crippen LogP contribution in [-0.2, 0) is 27.3 Å². The molecule has 1 atom stereocenters. The van der Waals surface area contributed by atoms with E-state index in [1.54, 1.807) is 0 Å². The van der Waals surface area contributed by atoms with Gasteiger partial charge in [0.1, 0.15) is 11.8 Å². The number of nitrogens with zero attached hydrogens (tertiary/aromatic N) is 5. The highest BCUT2D eigenvalue weighted by Gasteiger charge is 2.41. The van der Waals surface area contributed by atoms with Crippen molar-refractivity contribution in [2.45, 2.75) is 57.0 Å². The summed E-state index contributed by atoms with van der Waals surface area (Å²) in [6.07, 6.45) is -5.38. The zero-order chi connectivity index (χ0) is 34.6. The molecule has 19 heteroatoms. The van der Waals surface area contributed by atoms with Crippen molar-refractivity contribution < 1.29 is 39.9 Å². The third-order valence-electron chi connectivity index (χ3n) is 7.00. The van der Waals surface area contributed by atoms with Gasteiger partial charge >= 0.3 is 6.36 Å². The van der Waals surface area contributed by atoms with Crippen LogP contribution in [0.25, 0.3) is 11.3 Å². The molecule has 254 valence electrons. The van der Waals surface area contributed by atoms with Crippen molar-refractivity contribution in [3.05, 3.63) is 70.0 Å². The number of hydrogen-bond acceptors (Lipinski definition) is 10. The van der Waals surface area contributed by atoms with E-state index in [0.29, 0.717) is 5.56 Å². The van der Waals surface area contributed by atoms with Crippen LogP contribution >= 0.6 is 11.7 Å². The third kappa shape index (κ3) is 8.20. The van der Waals surface area contributed by atoms with E-state index in [9.17, 15) is 40.0 Å². The van der Waals surface area contributed by atoms with Gasteiger partial charge in [0.25, 0.3) is 11.5 Å². The van der Waals surface area contributed by atoms with Crippen LogP contribution < -0.4 is 20.5 Å². The lowest BCUT2D eigenvalue weighted by atomic mass is 10.0. The first-order valence-electron chi connectivity index (χ1n) is 14.3. The Bertz CT molecular complexity index is 1850. The number of carbonyl (C=O) groups is 1. The minimum Gasteiger partial charge on any atom is -0.406 e. The molecule has 5 rings (SSSR count). The number of sulfonamides is 1. The molecule has 3 heterocycles. The number of piperazine rings is 1. The number of halogens is 5. The second kappa shape index (κ2) is 14.3. The highest BCUT2D eigenvalue weighted by Crippen LogP contribution is 2.31. The van der Waals surface area contributed by atoms with Crippen LogP contribution in [-0.4, -0.2) is 69.4 Å². The van der Waals surface area contributed by atoms with Crippen molar-refractivity contribution in [2.75, 3.05) is 24.5 Å². The van der Waals surface area contributed by atoms with Gasteiger partial charge in [-0.25, -0.2) is 22.2 Å². The number of alkyl halides is 5. The molecule has 1 aliphatic heterocycles. The van der Waals surface area contributed by atoms with Gasteiger partial charge in [-0.3, -0.25) is 14.6 Å². The number of anilines is 1. The molecule has 0 bridgehead atoms. The lowest BCUT2D eigenvalue weighted by Crippen LogP contribution is -2.61. The number of ether oxygens (including phenoxy) is 1. The summed E-state index contributed by atoms with van der Waals surface area (Å²) >= 11 is 0.820. The number of aromatic nitrogens is 4. The lowest BCUT2D eigenvalue weighted by molar-refractivity contribution is -0.274. The normalized spacial score (nSPS) is 16.0. The van der Waals surface area contributed by atoms with Crippen LogP contribution in [0.4, 0.5) is 27.8 Å². The molecule has 2 aromatic heterocycles. The first-order valence-corrected chi connectivity index (χ1v) is 16.4. The van der Waals surface area contributed by atoms with Crippen molar-refractivity contribution >= 4 is 44.8 Å². The van der Waals surface area contributed by atoms with Crippen LogP contribution in [0.1, 0.15) is 38.3 Å². The lowest BCUT2D eigenvalue weighted by Gasteiger charge is -2.39. The number of benzene rings is 2. The third-order valence-corrected chi connectivity index (χ3v) is 9.44. The van der Waals surface area contributed by atoms with E-state index in [2.05, 4.69) is 28.8 Å². The number of rotatable bonds is 9. The Morgan fingerprint density at radius 1 is 1.04 bits per heavy atom. The van der Waals surface area contributed by atoms with Crippen molar-refractivity contribution in [1.82, 2.24) is 28.3 Å². The molecular formula is C28H30F5N7O5S2. The maximum absolute atomic E-state index is 14.0. The highest BCUT2D eigenvalue weighted by molar-refractivity contribution is 7.89. The average molecular weight is 704 g/mol. The number of hydrogen-bond donors (Lipinski definition) is 2. The summed E-state index contributed by atoms with van der Waals surface area (Å²) in [5, 5.41) is 2.61. The highest BCUT2D eigenvalue weighted by atomic mass is 32.2. The zero-order valence-electron chi connectivity index (χ0n) is 25.2. The fourth-order valence-electron chi connectivity index (χ4n) is 4.65. The first kappa shape index (κ1) is 35.6. The molecule has 0 unspecified atom stereocenters. The summed E-state index contributed by atoms with van der Waals surface area (Å²) in [5.41, 5.74) is -0.0819. The van der Waals surface area contributed by atoms with E-state index in [4.69, 9.17) is 0 Å². The molecular weight excluding hydrogens is 673 g/mol. The van der Waals surface area contributed by atoms with Gasteiger partial charge in [-0.1, -0.05) is 45.0 Å². The van der Waals surface area contributed by atoms with Gasteiger partial charge in [0.2, 0.25) is 21.6 Å². The van der Waals surface area contributed by atoms with E-state index in [-0.39, 0.29) is 48.9 Å². The molecule has 2 N–H and O–H groups in total. The molecule has 0 radical (unpaired) electrons. The summed E-state index contributed by atoms with van der Waals surface area (Å²) < 4.78 is 106. The fourth-order valence-corrected chi connectivity index (χ4v) is 6.68. The van der Waals surface area contributed by atoms with Gasteiger partial charge in [0.15, 0.2) is 11.5 Å². The molecule has 1 saturated heterocycles. The van der Waals surface area contributed by atoms with E-state index >= 15 is 0 Å². The largest absolute Gasteiger partial charge is 0.573 e. The number of fused-ring (bicyclic) bond motifs is 1. The number of carbonyl (C=O) groups excluding carboxylic acids is 1. The van der Waals surface area contributed by atoms with Gasteiger partial charge in [-0.15, -0.1) is 13.2 Å². The van der Waals surface area contributed by atoms with E-state index in [1.807, 2.05) is 13.8 Å². The van der Waals surface area contributed by atoms with Crippen molar-refractivity contribution in [2.24, 2.45) is 0 Å². The van der Waals surface area contributed by atoms with Gasteiger partial charge in [0, 0.05) is 38.2 Å². The van der Waals surface area contributed by atoms with Crippen LogP contribution in [0, 0.1) is 0 Å². The number of H-pyrrole nitrogens is 1. The standard InChI is InChI=1S/C26H24F5N7O5S2.C2H6/c1-2-25(27,28)16-5-3-15(4-6-16)13-32-23(39)19-14-37(22-24(40)34-21-20(33-22)35-44-36-21)11-12-38(19)45(41,42)18-9-7-17(8-10-18)43-26(29,30)31;1-2/h3-10,19H,2,11-14H2,1H3,(H,32,39)(H,34,36,40);1-2H3/t19-;/m1./s1. The molecule has 1 amide bonds. The summed E-state index contributed by atoms with van der Waals surface area (Å²) in [5.74, 6) is -4.56. The van der Waals surface area contributed by atoms with Gasteiger partial charge in [-0.2, -0.15) is 13.1 Å².